The summed E-state index contributed by atoms with van der Waals surface area (Å²) in [5, 5.41) is 0. The normalized spacial score (nSPS) is 10.8. The standard InChI is InChI=1S/C9H14N2O.2ClH/c1-3-9(10)7-4-8(12-2)6-11-5-7;;/h4-6,9H,3,10H2,1-2H3;2*1H. The lowest BCUT2D eigenvalue weighted by molar-refractivity contribution is 0.411. The monoisotopic (exact) mass is 238 g/mol. The van der Waals surface area contributed by atoms with Gasteiger partial charge >= 0.3 is 0 Å². The SMILES string of the molecule is CCC(N)c1cncc(OC)c1.Cl.Cl. The second kappa shape index (κ2) is 7.85. The summed E-state index contributed by atoms with van der Waals surface area (Å²) in [5.74, 6) is 0.761. The van der Waals surface area contributed by atoms with Crippen LogP contribution in [0.5, 0.6) is 5.75 Å². The fourth-order valence-corrected chi connectivity index (χ4v) is 0.986. The quantitative estimate of drug-likeness (QED) is 0.880. The molecule has 1 aromatic rings. The summed E-state index contributed by atoms with van der Waals surface area (Å²) in [6.07, 6.45) is 4.36. The minimum absolute atomic E-state index is 0. The van der Waals surface area contributed by atoms with Crippen LogP contribution in [0.4, 0.5) is 0 Å². The highest BCUT2D eigenvalue weighted by Crippen LogP contribution is 2.17. The van der Waals surface area contributed by atoms with Gasteiger partial charge in [-0.1, -0.05) is 6.92 Å². The number of halogens is 2. The predicted molar refractivity (Wildman–Crippen MR) is 62.5 cm³/mol. The van der Waals surface area contributed by atoms with Crippen LogP contribution in [0, 0.1) is 0 Å². The molecule has 0 fully saturated rings. The molecule has 3 nitrogen and oxygen atoms in total. The first-order valence-electron chi connectivity index (χ1n) is 4.02. The van der Waals surface area contributed by atoms with Gasteiger partial charge in [0.05, 0.1) is 13.3 Å². The maximum Gasteiger partial charge on any atom is 0.137 e. The Hall–Kier alpha value is -0.510. The van der Waals surface area contributed by atoms with Gasteiger partial charge in [0.25, 0.3) is 0 Å². The van der Waals surface area contributed by atoms with Gasteiger partial charge in [0, 0.05) is 12.2 Å². The van der Waals surface area contributed by atoms with Crippen molar-refractivity contribution in [3.05, 3.63) is 24.0 Å². The minimum atomic E-state index is 0. The van der Waals surface area contributed by atoms with E-state index < -0.39 is 0 Å². The molecule has 0 saturated carbocycles. The van der Waals surface area contributed by atoms with Crippen molar-refractivity contribution in [1.29, 1.82) is 0 Å². The summed E-state index contributed by atoms with van der Waals surface area (Å²) in [5.41, 5.74) is 6.85. The van der Waals surface area contributed by atoms with Gasteiger partial charge in [-0.15, -0.1) is 24.8 Å². The fraction of sp³-hybridized carbons (Fsp3) is 0.444. The Bertz CT molecular complexity index is 258. The maximum absolute atomic E-state index is 5.82. The van der Waals surface area contributed by atoms with Crippen LogP contribution >= 0.6 is 24.8 Å². The first kappa shape index (κ1) is 15.9. The zero-order chi connectivity index (χ0) is 8.97. The highest BCUT2D eigenvalue weighted by Gasteiger charge is 2.03. The molecule has 1 unspecified atom stereocenters. The van der Waals surface area contributed by atoms with Crippen LogP contribution in [-0.4, -0.2) is 12.1 Å². The second-order valence-electron chi connectivity index (χ2n) is 2.67. The molecular formula is C9H16Cl2N2O. The Morgan fingerprint density at radius 2 is 2.07 bits per heavy atom. The zero-order valence-corrected chi connectivity index (χ0v) is 9.90. The predicted octanol–water partition coefficient (Wildman–Crippen LogP) is 2.34. The molecule has 1 aromatic heterocycles. The van der Waals surface area contributed by atoms with Crippen LogP contribution in [0.15, 0.2) is 18.5 Å². The van der Waals surface area contributed by atoms with Crippen molar-refractivity contribution in [2.24, 2.45) is 5.73 Å². The van der Waals surface area contributed by atoms with E-state index in [0.29, 0.717) is 0 Å². The molecule has 0 bridgehead atoms. The number of pyridine rings is 1. The Morgan fingerprint density at radius 1 is 1.43 bits per heavy atom. The van der Waals surface area contributed by atoms with Gasteiger partial charge in [-0.25, -0.2) is 0 Å². The molecular weight excluding hydrogens is 223 g/mol. The van der Waals surface area contributed by atoms with Crippen LogP contribution in [0.1, 0.15) is 24.9 Å². The lowest BCUT2D eigenvalue weighted by Gasteiger charge is -2.09. The molecule has 0 radical (unpaired) electrons. The van der Waals surface area contributed by atoms with Crippen molar-refractivity contribution in [2.45, 2.75) is 19.4 Å². The Morgan fingerprint density at radius 3 is 2.57 bits per heavy atom. The van der Waals surface area contributed by atoms with Gasteiger partial charge in [-0.3, -0.25) is 4.98 Å². The third-order valence-electron chi connectivity index (χ3n) is 1.84. The average Bonchev–Trinajstić information content (AvgIpc) is 2.17. The van der Waals surface area contributed by atoms with E-state index >= 15 is 0 Å². The molecule has 0 aromatic carbocycles. The van der Waals surface area contributed by atoms with Crippen molar-refractivity contribution in [1.82, 2.24) is 4.98 Å². The van der Waals surface area contributed by atoms with E-state index in [9.17, 15) is 0 Å². The highest BCUT2D eigenvalue weighted by molar-refractivity contribution is 5.85. The van der Waals surface area contributed by atoms with Gasteiger partial charge in [0.2, 0.25) is 0 Å². The first-order chi connectivity index (χ1) is 5.77. The topological polar surface area (TPSA) is 48.1 Å². The average molecular weight is 239 g/mol. The third-order valence-corrected chi connectivity index (χ3v) is 1.84. The summed E-state index contributed by atoms with van der Waals surface area (Å²) < 4.78 is 5.03. The lowest BCUT2D eigenvalue weighted by atomic mass is 10.1. The second-order valence-corrected chi connectivity index (χ2v) is 2.67. The number of hydrogen-bond acceptors (Lipinski definition) is 3. The van der Waals surface area contributed by atoms with Crippen molar-refractivity contribution in [2.75, 3.05) is 7.11 Å². The summed E-state index contributed by atoms with van der Waals surface area (Å²) >= 11 is 0. The number of methoxy groups -OCH3 is 1. The zero-order valence-electron chi connectivity index (χ0n) is 8.27. The largest absolute Gasteiger partial charge is 0.495 e. The highest BCUT2D eigenvalue weighted by atomic mass is 35.5. The van der Waals surface area contributed by atoms with E-state index in [2.05, 4.69) is 4.98 Å². The molecule has 5 heteroatoms. The summed E-state index contributed by atoms with van der Waals surface area (Å²) in [7, 11) is 1.62. The van der Waals surface area contributed by atoms with E-state index in [0.717, 1.165) is 17.7 Å². The van der Waals surface area contributed by atoms with Crippen molar-refractivity contribution in [3.8, 4) is 5.75 Å². The van der Waals surface area contributed by atoms with Crippen molar-refractivity contribution < 1.29 is 4.74 Å². The fourth-order valence-electron chi connectivity index (χ4n) is 0.986. The lowest BCUT2D eigenvalue weighted by Crippen LogP contribution is -2.08. The number of hydrogen-bond donors (Lipinski definition) is 1. The number of aromatic nitrogens is 1. The number of ether oxygens (including phenoxy) is 1. The van der Waals surface area contributed by atoms with E-state index in [4.69, 9.17) is 10.5 Å². The van der Waals surface area contributed by atoms with Gasteiger partial charge in [0.15, 0.2) is 0 Å². The van der Waals surface area contributed by atoms with Crippen molar-refractivity contribution >= 4 is 24.8 Å². The molecule has 14 heavy (non-hydrogen) atoms. The molecule has 1 heterocycles. The molecule has 1 rings (SSSR count). The van der Waals surface area contributed by atoms with Crippen LogP contribution < -0.4 is 10.5 Å². The van der Waals surface area contributed by atoms with E-state index in [1.54, 1.807) is 19.5 Å². The number of rotatable bonds is 3. The van der Waals surface area contributed by atoms with Crippen molar-refractivity contribution in [3.63, 3.8) is 0 Å². The summed E-state index contributed by atoms with van der Waals surface area (Å²) in [6.45, 7) is 2.05. The number of nitrogens with zero attached hydrogens (tertiary/aromatic N) is 1. The Labute approximate surface area is 96.9 Å². The molecule has 0 amide bonds. The van der Waals surface area contributed by atoms with E-state index in [1.807, 2.05) is 13.0 Å². The molecule has 0 spiro atoms. The van der Waals surface area contributed by atoms with Gasteiger partial charge in [-0.2, -0.15) is 0 Å². The molecule has 0 saturated heterocycles. The molecule has 0 aliphatic heterocycles. The van der Waals surface area contributed by atoms with Crippen LogP contribution in [0.3, 0.4) is 0 Å². The van der Waals surface area contributed by atoms with Gasteiger partial charge < -0.3 is 10.5 Å². The minimum Gasteiger partial charge on any atom is -0.495 e. The molecule has 0 aliphatic rings. The van der Waals surface area contributed by atoms with E-state index in [1.165, 1.54) is 0 Å². The smallest absolute Gasteiger partial charge is 0.137 e. The van der Waals surface area contributed by atoms with Crippen LogP contribution in [0.25, 0.3) is 0 Å². The Kier molecular flexibility index (Phi) is 8.94. The Balaban J connectivity index is 0. The molecule has 82 valence electrons. The van der Waals surface area contributed by atoms with Gasteiger partial charge in [-0.05, 0) is 18.1 Å². The number of nitrogens with two attached hydrogens (primary N) is 1. The van der Waals surface area contributed by atoms with E-state index in [-0.39, 0.29) is 30.9 Å². The summed E-state index contributed by atoms with van der Waals surface area (Å²) in [4.78, 5) is 4.02. The molecule has 0 aliphatic carbocycles. The van der Waals surface area contributed by atoms with Crippen LogP contribution in [0.2, 0.25) is 0 Å². The first-order valence-corrected chi connectivity index (χ1v) is 4.02. The van der Waals surface area contributed by atoms with Crippen LogP contribution in [-0.2, 0) is 0 Å². The van der Waals surface area contributed by atoms with Gasteiger partial charge in [0.1, 0.15) is 5.75 Å². The molecule has 2 N–H and O–H groups in total. The maximum atomic E-state index is 5.82. The third kappa shape index (κ3) is 4.13. The summed E-state index contributed by atoms with van der Waals surface area (Å²) in [6, 6.07) is 1.98. The molecule has 1 atom stereocenters.